The highest BCUT2D eigenvalue weighted by atomic mass is 32.1. The third-order valence-corrected chi connectivity index (χ3v) is 4.77. The van der Waals surface area contributed by atoms with Gasteiger partial charge in [0.05, 0.1) is 22.9 Å². The first kappa shape index (κ1) is 18.7. The van der Waals surface area contributed by atoms with Gasteiger partial charge in [0.15, 0.2) is 4.80 Å². The van der Waals surface area contributed by atoms with Gasteiger partial charge in [-0.1, -0.05) is 11.3 Å². The first-order valence-electron chi connectivity index (χ1n) is 7.20. The van der Waals surface area contributed by atoms with Crippen LogP contribution in [0.1, 0.15) is 18.0 Å². The molecular formula is C14H10F6N2O3S. The van der Waals surface area contributed by atoms with Crippen LogP contribution in [0.15, 0.2) is 17.1 Å². The van der Waals surface area contributed by atoms with Crippen molar-refractivity contribution in [1.82, 2.24) is 4.57 Å². The second-order valence-electron chi connectivity index (χ2n) is 5.52. The summed E-state index contributed by atoms with van der Waals surface area (Å²) in [5.41, 5.74) is 0.743. The first-order chi connectivity index (χ1) is 12.0. The van der Waals surface area contributed by atoms with Gasteiger partial charge in [-0.15, -0.1) is 13.2 Å². The van der Waals surface area contributed by atoms with E-state index in [9.17, 15) is 36.2 Å². The second kappa shape index (κ2) is 6.27. The predicted molar refractivity (Wildman–Crippen MR) is 77.6 cm³/mol. The average Bonchev–Trinajstić information content (AvgIpc) is 2.84. The van der Waals surface area contributed by atoms with E-state index in [0.29, 0.717) is 28.8 Å². The van der Waals surface area contributed by atoms with Crippen molar-refractivity contribution in [1.29, 1.82) is 0 Å². The average molecular weight is 400 g/mol. The number of nitrogens with zero attached hydrogens (tertiary/aromatic N) is 2. The minimum atomic E-state index is -5.18. The van der Waals surface area contributed by atoms with E-state index in [4.69, 9.17) is 0 Å². The smallest absolute Gasteiger partial charge is 0.406 e. The molecule has 0 spiro atoms. The molecule has 3 rings (SSSR count). The lowest BCUT2D eigenvalue weighted by molar-refractivity contribution is -0.274. The Bertz CT molecular complexity index is 928. The molecule has 1 unspecified atom stereocenters. The molecule has 1 amide bonds. The second-order valence-corrected chi connectivity index (χ2v) is 6.53. The van der Waals surface area contributed by atoms with E-state index in [1.807, 2.05) is 0 Å². The number of alkyl halides is 6. The van der Waals surface area contributed by atoms with E-state index in [2.05, 4.69) is 9.73 Å². The summed E-state index contributed by atoms with van der Waals surface area (Å²) in [7, 11) is 0. The van der Waals surface area contributed by atoms with Crippen LogP contribution in [0.5, 0.6) is 5.75 Å². The molecule has 1 aromatic heterocycles. The van der Waals surface area contributed by atoms with Crippen LogP contribution < -0.4 is 9.54 Å². The van der Waals surface area contributed by atoms with E-state index >= 15 is 0 Å². The number of ether oxygens (including phenoxy) is 1. The molecule has 1 aromatic carbocycles. The summed E-state index contributed by atoms with van der Waals surface area (Å²) in [5.74, 6) is -2.84. The van der Waals surface area contributed by atoms with Crippen LogP contribution in [0.2, 0.25) is 0 Å². The number of rotatable bonds is 2. The molecule has 142 valence electrons. The summed E-state index contributed by atoms with van der Waals surface area (Å²) in [4.78, 5) is 13.9. The summed E-state index contributed by atoms with van der Waals surface area (Å²) in [5, 5.41) is 9.47. The lowest BCUT2D eigenvalue weighted by Crippen LogP contribution is -2.30. The molecule has 12 heteroatoms. The van der Waals surface area contributed by atoms with Gasteiger partial charge in [0.2, 0.25) is 0 Å². The molecule has 0 bridgehead atoms. The van der Waals surface area contributed by atoms with Crippen molar-refractivity contribution in [3.63, 3.8) is 0 Å². The standard InChI is InChI=1S/C14H10F6N2O3S/c15-13(16,17)11(24)21-12-22-7(5-23)2-1-6-3-8(25-14(18,19)20)4-9(26-12)10(6)22/h3-4,7,23H,1-2,5H2. The van der Waals surface area contributed by atoms with Crippen molar-refractivity contribution < 1.29 is 41.0 Å². The fraction of sp³-hybridized carbons (Fsp3) is 0.429. The number of aromatic nitrogens is 1. The van der Waals surface area contributed by atoms with Gasteiger partial charge < -0.3 is 14.4 Å². The van der Waals surface area contributed by atoms with E-state index in [1.54, 1.807) is 0 Å². The highest BCUT2D eigenvalue weighted by molar-refractivity contribution is 7.16. The van der Waals surface area contributed by atoms with Crippen molar-refractivity contribution in [2.75, 3.05) is 6.61 Å². The van der Waals surface area contributed by atoms with Crippen molar-refractivity contribution in [3.8, 4) is 5.75 Å². The molecule has 2 heterocycles. The topological polar surface area (TPSA) is 63.8 Å². The van der Waals surface area contributed by atoms with Crippen LogP contribution in [0.25, 0.3) is 10.2 Å². The molecule has 1 atom stereocenters. The summed E-state index contributed by atoms with van der Waals surface area (Å²) < 4.78 is 80.2. The lowest BCUT2D eigenvalue weighted by Gasteiger charge is -2.24. The summed E-state index contributed by atoms with van der Waals surface area (Å²) in [6.45, 7) is -0.417. The number of hydrogen-bond acceptors (Lipinski definition) is 4. The predicted octanol–water partition coefficient (Wildman–Crippen LogP) is 3.07. The fourth-order valence-electron chi connectivity index (χ4n) is 2.80. The van der Waals surface area contributed by atoms with Crippen LogP contribution in [-0.2, 0) is 11.2 Å². The quantitative estimate of drug-likeness (QED) is 0.789. The summed E-state index contributed by atoms with van der Waals surface area (Å²) in [6, 6.07) is 1.53. The van der Waals surface area contributed by atoms with Crippen molar-refractivity contribution in [2.24, 2.45) is 4.99 Å². The van der Waals surface area contributed by atoms with E-state index < -0.39 is 36.8 Å². The monoisotopic (exact) mass is 400 g/mol. The van der Waals surface area contributed by atoms with Gasteiger partial charge in [-0.2, -0.15) is 18.2 Å². The van der Waals surface area contributed by atoms with E-state index in [0.717, 1.165) is 12.1 Å². The normalized spacial score (nSPS) is 18.4. The Labute approximate surface area is 145 Å². The van der Waals surface area contributed by atoms with E-state index in [-0.39, 0.29) is 15.9 Å². The fourth-order valence-corrected chi connectivity index (χ4v) is 3.97. The zero-order valence-corrected chi connectivity index (χ0v) is 13.5. The number of carbonyl (C=O) groups is 1. The van der Waals surface area contributed by atoms with Crippen molar-refractivity contribution >= 4 is 27.5 Å². The largest absolute Gasteiger partial charge is 0.573 e. The van der Waals surface area contributed by atoms with Gasteiger partial charge in [0.1, 0.15) is 5.75 Å². The van der Waals surface area contributed by atoms with Gasteiger partial charge in [0.25, 0.3) is 0 Å². The van der Waals surface area contributed by atoms with E-state index in [1.165, 1.54) is 4.57 Å². The number of hydrogen-bond donors (Lipinski definition) is 1. The molecule has 0 saturated carbocycles. The van der Waals surface area contributed by atoms with Crippen LogP contribution in [0.4, 0.5) is 26.3 Å². The number of benzene rings is 1. The Morgan fingerprint density at radius 3 is 2.58 bits per heavy atom. The molecule has 0 radical (unpaired) electrons. The SMILES string of the molecule is O=C(N=c1sc2cc(OC(F)(F)F)cc3c2n1C(CO)CC3)C(F)(F)F. The molecule has 26 heavy (non-hydrogen) atoms. The highest BCUT2D eigenvalue weighted by Crippen LogP contribution is 2.36. The number of amides is 1. The van der Waals surface area contributed by atoms with Crippen LogP contribution in [-0.4, -0.2) is 34.7 Å². The molecule has 0 fully saturated rings. The Kier molecular flexibility index (Phi) is 4.51. The molecule has 1 aliphatic rings. The molecule has 0 saturated heterocycles. The molecule has 0 aliphatic carbocycles. The third kappa shape index (κ3) is 3.56. The van der Waals surface area contributed by atoms with Crippen molar-refractivity contribution in [2.45, 2.75) is 31.4 Å². The molecule has 1 N–H and O–H groups in total. The highest BCUT2D eigenvalue weighted by Gasteiger charge is 2.39. The Morgan fingerprint density at radius 1 is 1.31 bits per heavy atom. The zero-order valence-electron chi connectivity index (χ0n) is 12.7. The number of aryl methyl sites for hydroxylation is 1. The van der Waals surface area contributed by atoms with Crippen molar-refractivity contribution in [3.05, 3.63) is 22.5 Å². The lowest BCUT2D eigenvalue weighted by atomic mass is 9.99. The number of carbonyl (C=O) groups excluding carboxylic acids is 1. The van der Waals surface area contributed by atoms with Crippen LogP contribution >= 0.6 is 11.3 Å². The summed E-state index contributed by atoms with van der Waals surface area (Å²) >= 11 is 0.623. The Balaban J connectivity index is 2.23. The van der Waals surface area contributed by atoms with Crippen LogP contribution in [0.3, 0.4) is 0 Å². The Morgan fingerprint density at radius 2 is 2.00 bits per heavy atom. The minimum absolute atomic E-state index is 0.175. The third-order valence-electron chi connectivity index (χ3n) is 3.77. The van der Waals surface area contributed by atoms with Gasteiger partial charge in [-0.25, -0.2) is 0 Å². The number of aliphatic hydroxyl groups is 1. The van der Waals surface area contributed by atoms with Gasteiger partial charge in [0, 0.05) is 0 Å². The maximum atomic E-state index is 12.5. The number of thiazole rings is 1. The maximum absolute atomic E-state index is 12.5. The Hall–Kier alpha value is -2.08. The molecule has 5 nitrogen and oxygen atoms in total. The van der Waals surface area contributed by atoms with Gasteiger partial charge >= 0.3 is 18.4 Å². The van der Waals surface area contributed by atoms with Crippen LogP contribution in [0, 0.1) is 0 Å². The number of aliphatic hydroxyl groups excluding tert-OH is 1. The zero-order chi connectivity index (χ0) is 19.3. The molecule has 1 aliphatic heterocycles. The summed E-state index contributed by atoms with van der Waals surface area (Å²) in [6.07, 6.45) is -9.55. The number of halogens is 6. The first-order valence-corrected chi connectivity index (χ1v) is 8.01. The maximum Gasteiger partial charge on any atom is 0.573 e. The molecular weight excluding hydrogens is 390 g/mol. The van der Waals surface area contributed by atoms with Gasteiger partial charge in [-0.05, 0) is 30.5 Å². The minimum Gasteiger partial charge on any atom is -0.406 e. The molecule has 2 aromatic rings. The van der Waals surface area contributed by atoms with Gasteiger partial charge in [-0.3, -0.25) is 4.79 Å².